The molecule has 3 heteroatoms. The summed E-state index contributed by atoms with van der Waals surface area (Å²) in [6, 6.07) is 45.5. The SMILES string of the molecule is Clc1ccc(-c2cccc3c2oc2ccccc23)c2c1C1(c3ccccc3S2)c2ccccc2-c2ccccc21. The fourth-order valence-electron chi connectivity index (χ4n) is 7.09. The Balaban J connectivity index is 1.44. The Morgan fingerprint density at radius 3 is 1.95 bits per heavy atom. The van der Waals surface area contributed by atoms with Crippen LogP contribution >= 0.6 is 23.4 Å². The normalized spacial score (nSPS) is 14.2. The first-order valence-corrected chi connectivity index (χ1v) is 14.7. The van der Waals surface area contributed by atoms with Crippen molar-refractivity contribution in [3.8, 4) is 22.3 Å². The molecule has 7 aromatic rings. The zero-order valence-electron chi connectivity index (χ0n) is 21.3. The third-order valence-electron chi connectivity index (χ3n) is 8.63. The quantitative estimate of drug-likeness (QED) is 0.202. The molecule has 1 aromatic heterocycles. The number of para-hydroxylation sites is 2. The fraction of sp³-hybridized carbons (Fsp3) is 0.0270. The zero-order valence-corrected chi connectivity index (χ0v) is 22.9. The first-order valence-electron chi connectivity index (χ1n) is 13.5. The lowest BCUT2D eigenvalue weighted by Crippen LogP contribution is -2.32. The Labute approximate surface area is 241 Å². The topological polar surface area (TPSA) is 13.1 Å². The number of benzene rings is 6. The standard InChI is InChI=1S/C37H21ClOS/c38-31-21-20-27(26-14-9-13-25-24-12-3-7-18-32(24)39-35(25)26)36-34(31)37(30-17-6-8-19-33(30)40-36)28-15-4-1-10-22(28)23-11-2-5-16-29(23)37/h1-21H. The third-order valence-corrected chi connectivity index (χ3v) is 10.2. The molecule has 0 N–H and O–H groups in total. The lowest BCUT2D eigenvalue weighted by atomic mass is 9.67. The zero-order chi connectivity index (χ0) is 26.4. The van der Waals surface area contributed by atoms with Crippen LogP contribution in [0.3, 0.4) is 0 Å². The molecular formula is C37H21ClOS. The number of hydrogen-bond acceptors (Lipinski definition) is 2. The second-order valence-electron chi connectivity index (χ2n) is 10.5. The Morgan fingerprint density at radius 1 is 0.525 bits per heavy atom. The van der Waals surface area contributed by atoms with E-state index in [4.69, 9.17) is 16.0 Å². The Hall–Kier alpha value is -4.24. The summed E-state index contributed by atoms with van der Waals surface area (Å²) >= 11 is 9.13. The molecule has 9 rings (SSSR count). The molecule has 0 amide bonds. The average molecular weight is 549 g/mol. The van der Waals surface area contributed by atoms with E-state index in [1.807, 2.05) is 23.9 Å². The van der Waals surface area contributed by atoms with Crippen LogP contribution in [0.15, 0.2) is 142 Å². The van der Waals surface area contributed by atoms with Crippen LogP contribution in [-0.4, -0.2) is 0 Å². The molecule has 1 aliphatic heterocycles. The largest absolute Gasteiger partial charge is 0.455 e. The number of hydrogen-bond donors (Lipinski definition) is 0. The highest BCUT2D eigenvalue weighted by molar-refractivity contribution is 7.99. The highest BCUT2D eigenvalue weighted by atomic mass is 35.5. The van der Waals surface area contributed by atoms with E-state index < -0.39 is 5.41 Å². The summed E-state index contributed by atoms with van der Waals surface area (Å²) in [7, 11) is 0. The van der Waals surface area contributed by atoms with Crippen LogP contribution in [0.25, 0.3) is 44.2 Å². The summed E-state index contributed by atoms with van der Waals surface area (Å²) < 4.78 is 6.52. The molecule has 2 aliphatic rings. The molecule has 1 spiro atoms. The molecule has 188 valence electrons. The maximum absolute atomic E-state index is 7.32. The molecule has 0 unspecified atom stereocenters. The molecular weight excluding hydrogens is 528 g/mol. The van der Waals surface area contributed by atoms with Crippen molar-refractivity contribution in [3.05, 3.63) is 155 Å². The van der Waals surface area contributed by atoms with Gasteiger partial charge in [-0.05, 0) is 51.6 Å². The van der Waals surface area contributed by atoms with Gasteiger partial charge in [0.2, 0.25) is 0 Å². The summed E-state index contributed by atoms with van der Waals surface area (Å²) in [5, 5.41) is 3.05. The number of furan rings is 1. The Morgan fingerprint density at radius 2 is 1.15 bits per heavy atom. The molecule has 1 nitrogen and oxygen atoms in total. The van der Waals surface area contributed by atoms with Gasteiger partial charge in [-0.15, -0.1) is 0 Å². The molecule has 1 aliphatic carbocycles. The van der Waals surface area contributed by atoms with Crippen molar-refractivity contribution in [1.29, 1.82) is 0 Å². The van der Waals surface area contributed by atoms with E-state index in [0.29, 0.717) is 0 Å². The molecule has 0 radical (unpaired) electrons. The average Bonchev–Trinajstić information content (AvgIpc) is 3.52. The van der Waals surface area contributed by atoms with Gasteiger partial charge in [0.05, 0.1) is 5.41 Å². The van der Waals surface area contributed by atoms with Crippen molar-refractivity contribution in [2.24, 2.45) is 0 Å². The molecule has 0 fully saturated rings. The maximum atomic E-state index is 7.32. The monoisotopic (exact) mass is 548 g/mol. The van der Waals surface area contributed by atoms with Crippen molar-refractivity contribution < 1.29 is 4.42 Å². The van der Waals surface area contributed by atoms with E-state index in [2.05, 4.69) is 115 Å². The van der Waals surface area contributed by atoms with E-state index in [0.717, 1.165) is 43.7 Å². The summed E-state index contributed by atoms with van der Waals surface area (Å²) in [5.74, 6) is 0. The summed E-state index contributed by atoms with van der Waals surface area (Å²) in [5.41, 5.74) is 11.1. The van der Waals surface area contributed by atoms with Gasteiger partial charge in [-0.2, -0.15) is 0 Å². The van der Waals surface area contributed by atoms with Gasteiger partial charge in [0.1, 0.15) is 11.2 Å². The van der Waals surface area contributed by atoms with Crippen LogP contribution in [0, 0.1) is 0 Å². The number of rotatable bonds is 1. The third kappa shape index (κ3) is 2.75. The van der Waals surface area contributed by atoms with E-state index in [1.165, 1.54) is 37.6 Å². The van der Waals surface area contributed by atoms with Gasteiger partial charge in [-0.3, -0.25) is 0 Å². The van der Waals surface area contributed by atoms with Crippen molar-refractivity contribution >= 4 is 45.3 Å². The van der Waals surface area contributed by atoms with Gasteiger partial charge in [0.15, 0.2) is 0 Å². The molecule has 0 atom stereocenters. The minimum Gasteiger partial charge on any atom is -0.455 e. The van der Waals surface area contributed by atoms with Gasteiger partial charge in [0.25, 0.3) is 0 Å². The number of halogens is 1. The Kier molecular flexibility index (Phi) is 4.59. The molecule has 0 saturated heterocycles. The predicted octanol–water partition coefficient (Wildman–Crippen LogP) is 10.7. The second-order valence-corrected chi connectivity index (χ2v) is 12.0. The highest BCUT2D eigenvalue weighted by Crippen LogP contribution is 2.64. The summed E-state index contributed by atoms with van der Waals surface area (Å²) in [4.78, 5) is 2.44. The highest BCUT2D eigenvalue weighted by Gasteiger charge is 2.51. The second kappa shape index (κ2) is 8.14. The van der Waals surface area contributed by atoms with E-state index in [-0.39, 0.29) is 0 Å². The Bertz CT molecular complexity index is 2130. The lowest BCUT2D eigenvalue weighted by Gasteiger charge is -2.41. The summed E-state index contributed by atoms with van der Waals surface area (Å²) in [6.45, 7) is 0. The number of fused-ring (bicyclic) bond motifs is 12. The fourth-order valence-corrected chi connectivity index (χ4v) is 8.80. The summed E-state index contributed by atoms with van der Waals surface area (Å²) in [6.07, 6.45) is 0. The molecule has 2 heterocycles. The van der Waals surface area contributed by atoms with Crippen molar-refractivity contribution in [2.45, 2.75) is 15.2 Å². The first-order chi connectivity index (χ1) is 19.8. The van der Waals surface area contributed by atoms with Gasteiger partial charge >= 0.3 is 0 Å². The molecule has 0 saturated carbocycles. The minimum absolute atomic E-state index is 0.515. The molecule has 40 heavy (non-hydrogen) atoms. The van der Waals surface area contributed by atoms with Crippen molar-refractivity contribution in [3.63, 3.8) is 0 Å². The predicted molar refractivity (Wildman–Crippen MR) is 166 cm³/mol. The van der Waals surface area contributed by atoms with Crippen LogP contribution < -0.4 is 0 Å². The van der Waals surface area contributed by atoms with Crippen LogP contribution in [0.1, 0.15) is 22.3 Å². The van der Waals surface area contributed by atoms with Crippen LogP contribution in [0.4, 0.5) is 0 Å². The first kappa shape index (κ1) is 22.6. The van der Waals surface area contributed by atoms with E-state index in [9.17, 15) is 0 Å². The van der Waals surface area contributed by atoms with Crippen LogP contribution in [-0.2, 0) is 5.41 Å². The van der Waals surface area contributed by atoms with Crippen LogP contribution in [0.5, 0.6) is 0 Å². The smallest absolute Gasteiger partial charge is 0.143 e. The van der Waals surface area contributed by atoms with E-state index >= 15 is 0 Å². The van der Waals surface area contributed by atoms with Crippen molar-refractivity contribution in [2.75, 3.05) is 0 Å². The molecule has 6 aromatic carbocycles. The molecule has 0 bridgehead atoms. The van der Waals surface area contributed by atoms with E-state index in [1.54, 1.807) is 0 Å². The van der Waals surface area contributed by atoms with Gasteiger partial charge in [-0.1, -0.05) is 133 Å². The van der Waals surface area contributed by atoms with Crippen LogP contribution in [0.2, 0.25) is 5.02 Å². The van der Waals surface area contributed by atoms with Gasteiger partial charge < -0.3 is 4.42 Å². The van der Waals surface area contributed by atoms with Gasteiger partial charge in [0, 0.05) is 36.7 Å². The van der Waals surface area contributed by atoms with Gasteiger partial charge in [-0.25, -0.2) is 0 Å². The maximum Gasteiger partial charge on any atom is 0.143 e. The van der Waals surface area contributed by atoms with Crippen molar-refractivity contribution in [1.82, 2.24) is 0 Å². The lowest BCUT2D eigenvalue weighted by molar-refractivity contribution is 0.669. The minimum atomic E-state index is -0.515.